The second kappa shape index (κ2) is 29.0. The highest BCUT2D eigenvalue weighted by Crippen LogP contribution is 2.58. The van der Waals surface area contributed by atoms with Gasteiger partial charge in [-0.25, -0.2) is 9.59 Å². The number of rotatable bonds is 22. The average molecular weight is 1450 g/mol. The van der Waals surface area contributed by atoms with E-state index in [0.29, 0.717) is 23.0 Å². The minimum atomic E-state index is -1.48. The van der Waals surface area contributed by atoms with Crippen molar-refractivity contribution in [2.24, 2.45) is 11.8 Å². The van der Waals surface area contributed by atoms with E-state index in [4.69, 9.17) is 28.4 Å². The lowest BCUT2D eigenvalue weighted by Crippen LogP contribution is -2.52. The molecule has 0 bridgehead atoms. The van der Waals surface area contributed by atoms with Gasteiger partial charge >= 0.3 is 11.9 Å². The minimum absolute atomic E-state index is 0.00336. The van der Waals surface area contributed by atoms with Crippen molar-refractivity contribution in [2.45, 2.75) is 52.6 Å². The summed E-state index contributed by atoms with van der Waals surface area (Å²) in [6.07, 6.45) is 5.90. The van der Waals surface area contributed by atoms with Gasteiger partial charge in [-0.05, 0) is 166 Å². The van der Waals surface area contributed by atoms with Crippen LogP contribution >= 0.6 is 0 Å². The van der Waals surface area contributed by atoms with Crippen molar-refractivity contribution >= 4 is 78.7 Å². The normalized spacial score (nSPS) is 13.2. The molecule has 0 radical (unpaired) electrons. The first kappa shape index (κ1) is 69.0. The van der Waals surface area contributed by atoms with Crippen LogP contribution in [0.1, 0.15) is 82.0 Å². The smallest absolute Gasteiger partial charge is 0.334 e. The predicted octanol–water partition coefficient (Wildman–Crippen LogP) is 21.6. The van der Waals surface area contributed by atoms with Gasteiger partial charge in [0, 0.05) is 67.9 Å². The van der Waals surface area contributed by atoms with Crippen LogP contribution in [0.2, 0.25) is 0 Å². The molecule has 0 fully saturated rings. The van der Waals surface area contributed by atoms with Crippen LogP contribution in [0.5, 0.6) is 57.5 Å². The molecule has 0 spiro atoms. The van der Waals surface area contributed by atoms with Crippen LogP contribution in [0.25, 0.3) is 87.6 Å². The van der Waals surface area contributed by atoms with Crippen LogP contribution in [-0.4, -0.2) is 67.4 Å². The summed E-state index contributed by atoms with van der Waals surface area (Å²) >= 11 is 0. The van der Waals surface area contributed by atoms with E-state index in [1.807, 2.05) is 246 Å². The van der Waals surface area contributed by atoms with Crippen LogP contribution in [0, 0.1) is 11.8 Å². The number of fused-ring (bicyclic) bond motifs is 2. The second-order valence-corrected chi connectivity index (χ2v) is 28.1. The number of nitrogens with zero attached hydrogens (tertiary/aromatic N) is 4. The number of pyridine rings is 2. The Balaban J connectivity index is 1.00. The molecule has 0 aliphatic carbocycles. The summed E-state index contributed by atoms with van der Waals surface area (Å²) in [6.45, 7) is 7.55. The quantitative estimate of drug-likeness (QED) is 0.0269. The number of imide groups is 2. The third-order valence-electron chi connectivity index (χ3n) is 20.0. The van der Waals surface area contributed by atoms with Gasteiger partial charge < -0.3 is 28.4 Å². The molecule has 0 saturated carbocycles. The summed E-state index contributed by atoms with van der Waals surface area (Å²) in [7, 11) is 0. The summed E-state index contributed by atoms with van der Waals surface area (Å²) in [5.74, 6) is -3.75. The molecule has 2 aliphatic rings. The van der Waals surface area contributed by atoms with Crippen molar-refractivity contribution < 1.29 is 57.2 Å². The number of amides is 4. The van der Waals surface area contributed by atoms with E-state index in [1.54, 1.807) is 24.3 Å². The first-order valence-corrected chi connectivity index (χ1v) is 36.4. The highest BCUT2D eigenvalue weighted by molar-refractivity contribution is 6.45. The molecule has 0 N–H and O–H groups in total. The number of hydrogen-bond acceptors (Lipinski definition) is 14. The van der Waals surface area contributed by atoms with E-state index in [2.05, 4.69) is 9.97 Å². The van der Waals surface area contributed by atoms with Gasteiger partial charge in [0.25, 0.3) is 23.6 Å². The molecule has 0 saturated heterocycles. The lowest BCUT2D eigenvalue weighted by molar-refractivity contribution is -0.140. The Morgan fingerprint density at radius 2 is 0.509 bits per heavy atom. The van der Waals surface area contributed by atoms with Crippen molar-refractivity contribution in [3.05, 3.63) is 314 Å². The molecule has 2 atom stereocenters. The zero-order valence-electron chi connectivity index (χ0n) is 60.1. The summed E-state index contributed by atoms with van der Waals surface area (Å²) in [4.78, 5) is 106. The Kier molecular flexibility index (Phi) is 18.2. The molecule has 4 amide bonds. The first-order chi connectivity index (χ1) is 53.7. The Morgan fingerprint density at radius 1 is 0.282 bits per heavy atom. The number of aromatic nitrogens is 2. The molecule has 16 nitrogen and oxygen atoms in total. The fraction of sp³-hybridized carbons (Fsp3) is 0.106. The van der Waals surface area contributed by atoms with Gasteiger partial charge in [0.05, 0.1) is 22.3 Å². The molecular formula is C94H68N4O12. The van der Waals surface area contributed by atoms with Crippen LogP contribution in [0.3, 0.4) is 0 Å². The molecule has 536 valence electrons. The molecule has 13 aromatic carbocycles. The minimum Gasteiger partial charge on any atom is -0.457 e. The van der Waals surface area contributed by atoms with Crippen molar-refractivity contribution in [1.29, 1.82) is 0 Å². The van der Waals surface area contributed by atoms with Gasteiger partial charge in [0.2, 0.25) is 0 Å². The fourth-order valence-corrected chi connectivity index (χ4v) is 15.0. The van der Waals surface area contributed by atoms with Gasteiger partial charge in [-0.2, -0.15) is 0 Å². The number of benzene rings is 13. The van der Waals surface area contributed by atoms with Crippen LogP contribution in [0.15, 0.2) is 292 Å². The Labute approximate surface area is 632 Å². The van der Waals surface area contributed by atoms with E-state index >= 15 is 28.8 Å². The number of hydrogen-bond donors (Lipinski definition) is 0. The van der Waals surface area contributed by atoms with Crippen molar-refractivity contribution in [1.82, 2.24) is 19.8 Å². The van der Waals surface area contributed by atoms with E-state index < -0.39 is 47.7 Å². The molecule has 4 heterocycles. The van der Waals surface area contributed by atoms with E-state index in [-0.39, 0.29) is 125 Å². The van der Waals surface area contributed by atoms with Gasteiger partial charge in [-0.1, -0.05) is 198 Å². The molecule has 2 aromatic heterocycles. The average Bonchev–Trinajstić information content (AvgIpc) is 0.671. The predicted molar refractivity (Wildman–Crippen MR) is 423 cm³/mol. The first-order valence-electron chi connectivity index (χ1n) is 36.4. The highest BCUT2D eigenvalue weighted by Gasteiger charge is 2.47. The van der Waals surface area contributed by atoms with Gasteiger partial charge in [-0.15, -0.1) is 0 Å². The number of esters is 2. The summed E-state index contributed by atoms with van der Waals surface area (Å²) < 4.78 is 41.6. The van der Waals surface area contributed by atoms with Gasteiger partial charge in [0.1, 0.15) is 69.6 Å². The topological polar surface area (TPSA) is 190 Å². The number of ether oxygens (including phenoxy) is 6. The molecule has 110 heavy (non-hydrogen) atoms. The monoisotopic (exact) mass is 1440 g/mol. The van der Waals surface area contributed by atoms with Crippen LogP contribution in [-0.2, 0) is 9.59 Å². The Bertz CT molecular complexity index is 5400. The van der Waals surface area contributed by atoms with Crippen LogP contribution in [0.4, 0.5) is 0 Å². The summed E-state index contributed by atoms with van der Waals surface area (Å²) in [5, 5.41) is 1.85. The molecule has 15 aromatic rings. The maximum absolute atomic E-state index is 16.5. The lowest BCUT2D eigenvalue weighted by Gasteiger charge is -2.36. The SMILES string of the molecule is CC(C)CC(C(=O)Oc1ccncc1)N1C(=O)c2cc(Oc3ccc(-c4ccccc4)cc3)c3c4c(Oc5ccc(-c6ccccc6)cc5)cc5c6c(cc(Oc7ccc(-c8ccccc8)cc7)c(c7c(Oc8ccc(-c9ccccc9)cc8)cc(c2c37)C1=O)c64)C(=O)N(C(CC(C)C)C(=O)Oc1ccncc1)C5=O. The van der Waals surface area contributed by atoms with Crippen LogP contribution < -0.4 is 28.4 Å². The molecule has 16 heteroatoms. The van der Waals surface area contributed by atoms with Crippen molar-refractivity contribution in [3.63, 3.8) is 0 Å². The fourth-order valence-electron chi connectivity index (χ4n) is 15.0. The third-order valence-corrected chi connectivity index (χ3v) is 20.0. The Morgan fingerprint density at radius 3 is 0.736 bits per heavy atom. The zero-order valence-corrected chi connectivity index (χ0v) is 60.1. The van der Waals surface area contributed by atoms with E-state index in [9.17, 15) is 0 Å². The van der Waals surface area contributed by atoms with Crippen molar-refractivity contribution in [2.75, 3.05) is 0 Å². The van der Waals surface area contributed by atoms with Gasteiger partial charge in [0.15, 0.2) is 0 Å². The van der Waals surface area contributed by atoms with Gasteiger partial charge in [-0.3, -0.25) is 38.9 Å². The standard InChI is InChI=1S/C94H68N4O12/c1-55(2)49-75(93(103)109-69-41-45-95-46-42-69)97-89(99)71-51-77(105-65-33-25-61(26-34-65)57-17-9-5-10-18-57)83-85-79(107-67-37-29-63(30-38-67)59-21-13-7-14-22-59)53-73-82-74(92(102)98(91(73)101)76(50-56(3)4)94(104)110-70-43-47-96-48-44-70)54-80(108-68-39-31-64(32-40-68)60-23-15-8-16-24-60)86(88(82)85)84-78(52-72(90(97)100)81(71)87(83)84)106-66-35-27-62(28-36-66)58-19-11-6-12-20-58/h5-48,51-56,75-76H,49-50H2,1-4H3. The molecule has 2 unspecified atom stereocenters. The van der Waals surface area contributed by atoms with E-state index in [0.717, 1.165) is 54.3 Å². The lowest BCUT2D eigenvalue weighted by atomic mass is 9.80. The maximum Gasteiger partial charge on any atom is 0.334 e. The number of carbonyl (C=O) groups excluding carboxylic acids is 6. The summed E-state index contributed by atoms with van der Waals surface area (Å²) in [5.41, 5.74) is 7.21. The third kappa shape index (κ3) is 13.0. The number of carbonyl (C=O) groups is 6. The maximum atomic E-state index is 16.5. The zero-order chi connectivity index (χ0) is 75.3. The summed E-state index contributed by atoms with van der Waals surface area (Å²) in [6, 6.07) is 78.7. The second-order valence-electron chi connectivity index (χ2n) is 28.1. The Hall–Kier alpha value is -14.1. The highest BCUT2D eigenvalue weighted by atomic mass is 16.5. The largest absolute Gasteiger partial charge is 0.457 e. The molecule has 2 aliphatic heterocycles. The van der Waals surface area contributed by atoms with E-state index in [1.165, 1.54) is 49.1 Å². The molecule has 17 rings (SSSR count). The van der Waals surface area contributed by atoms with Crippen molar-refractivity contribution in [3.8, 4) is 102 Å². The molecular weight excluding hydrogens is 1380 g/mol.